The number of rotatable bonds is 6. The van der Waals surface area contributed by atoms with Crippen molar-refractivity contribution in [3.05, 3.63) is 57.0 Å². The zero-order chi connectivity index (χ0) is 19.6. The molecule has 0 fully saturated rings. The van der Waals surface area contributed by atoms with Crippen molar-refractivity contribution in [1.82, 2.24) is 24.0 Å². The number of aryl methyl sites for hydroxylation is 1. The number of hydrogen-bond acceptors (Lipinski definition) is 5. The fourth-order valence-electron chi connectivity index (χ4n) is 2.90. The second-order valence-corrected chi connectivity index (χ2v) is 6.20. The van der Waals surface area contributed by atoms with Crippen LogP contribution in [0.5, 0.6) is 5.75 Å². The van der Waals surface area contributed by atoms with Gasteiger partial charge in [-0.3, -0.25) is 18.7 Å². The highest BCUT2D eigenvalue weighted by atomic mass is 16.5. The molecule has 1 amide bonds. The second-order valence-electron chi connectivity index (χ2n) is 6.20. The number of nitrogens with zero attached hydrogens (tertiary/aromatic N) is 4. The van der Waals surface area contributed by atoms with Gasteiger partial charge in [-0.15, -0.1) is 0 Å². The van der Waals surface area contributed by atoms with Crippen LogP contribution in [0, 0.1) is 0 Å². The number of benzene rings is 1. The lowest BCUT2D eigenvalue weighted by Crippen LogP contribution is -2.38. The first-order valence-corrected chi connectivity index (χ1v) is 8.43. The number of fused-ring (bicyclic) bond motifs is 1. The van der Waals surface area contributed by atoms with Crippen molar-refractivity contribution in [1.29, 1.82) is 0 Å². The van der Waals surface area contributed by atoms with Gasteiger partial charge in [-0.2, -0.15) is 0 Å². The molecule has 0 spiro atoms. The van der Waals surface area contributed by atoms with Crippen LogP contribution in [0.25, 0.3) is 11.2 Å². The maximum absolute atomic E-state index is 12.4. The Hall–Kier alpha value is -3.36. The lowest BCUT2D eigenvalue weighted by atomic mass is 10.1. The Balaban J connectivity index is 1.69. The molecular formula is C18H21N5O4. The number of ether oxygens (including phenoxy) is 1. The molecule has 0 radical (unpaired) electrons. The van der Waals surface area contributed by atoms with E-state index in [0.29, 0.717) is 13.0 Å². The minimum atomic E-state index is -0.477. The standard InChI is InChI=1S/C18H21N5O4/c1-21-16-15(17(25)22(2)18(21)26)23(11-20-16)10-14(24)19-8-7-12-5-4-6-13(9-12)27-3/h4-6,9,11H,7-8,10H2,1-3H3,(H,19,24). The Labute approximate surface area is 154 Å². The van der Waals surface area contributed by atoms with E-state index in [1.54, 1.807) is 7.11 Å². The predicted molar refractivity (Wildman–Crippen MR) is 99.9 cm³/mol. The average molecular weight is 371 g/mol. The molecule has 9 heteroatoms. The molecule has 0 aliphatic carbocycles. The van der Waals surface area contributed by atoms with Crippen molar-refractivity contribution >= 4 is 17.1 Å². The maximum atomic E-state index is 12.4. The summed E-state index contributed by atoms with van der Waals surface area (Å²) < 4.78 is 8.92. The van der Waals surface area contributed by atoms with Crippen molar-refractivity contribution < 1.29 is 9.53 Å². The molecule has 0 unspecified atom stereocenters. The highest BCUT2D eigenvalue weighted by Gasteiger charge is 2.15. The van der Waals surface area contributed by atoms with E-state index >= 15 is 0 Å². The molecule has 3 rings (SSSR count). The van der Waals surface area contributed by atoms with Crippen LogP contribution in [0.4, 0.5) is 0 Å². The molecule has 0 aliphatic rings. The highest BCUT2D eigenvalue weighted by molar-refractivity contribution is 5.78. The van der Waals surface area contributed by atoms with E-state index in [-0.39, 0.29) is 23.6 Å². The third kappa shape index (κ3) is 3.62. The van der Waals surface area contributed by atoms with Crippen LogP contribution < -0.4 is 21.3 Å². The van der Waals surface area contributed by atoms with Gasteiger partial charge in [0.2, 0.25) is 5.91 Å². The number of aromatic nitrogens is 4. The summed E-state index contributed by atoms with van der Waals surface area (Å²) in [5.74, 6) is 0.526. The first-order valence-electron chi connectivity index (χ1n) is 8.43. The van der Waals surface area contributed by atoms with E-state index in [1.807, 2.05) is 24.3 Å². The minimum absolute atomic E-state index is 0.0535. The van der Waals surface area contributed by atoms with Gasteiger partial charge in [0.05, 0.1) is 13.4 Å². The first-order chi connectivity index (χ1) is 12.9. The monoisotopic (exact) mass is 371 g/mol. The average Bonchev–Trinajstić information content (AvgIpc) is 3.08. The molecule has 0 saturated heterocycles. The largest absolute Gasteiger partial charge is 0.497 e. The number of hydrogen-bond donors (Lipinski definition) is 1. The van der Waals surface area contributed by atoms with Crippen molar-refractivity contribution in [2.75, 3.05) is 13.7 Å². The van der Waals surface area contributed by atoms with Crippen LogP contribution in [0.1, 0.15) is 5.56 Å². The van der Waals surface area contributed by atoms with E-state index < -0.39 is 11.2 Å². The third-order valence-electron chi connectivity index (χ3n) is 4.40. The number of carbonyl (C=O) groups is 1. The van der Waals surface area contributed by atoms with Gasteiger partial charge in [0.15, 0.2) is 11.2 Å². The van der Waals surface area contributed by atoms with E-state index in [1.165, 1.54) is 29.6 Å². The summed E-state index contributed by atoms with van der Waals surface area (Å²) >= 11 is 0. The Bertz CT molecular complexity index is 1110. The van der Waals surface area contributed by atoms with Gasteiger partial charge in [0, 0.05) is 20.6 Å². The lowest BCUT2D eigenvalue weighted by molar-refractivity contribution is -0.121. The fraction of sp³-hybridized carbons (Fsp3) is 0.333. The maximum Gasteiger partial charge on any atom is 0.332 e. The summed E-state index contributed by atoms with van der Waals surface area (Å²) in [4.78, 5) is 40.7. The number of imidazole rings is 1. The van der Waals surface area contributed by atoms with Crippen molar-refractivity contribution in [2.45, 2.75) is 13.0 Å². The van der Waals surface area contributed by atoms with Gasteiger partial charge in [-0.1, -0.05) is 12.1 Å². The van der Waals surface area contributed by atoms with Crippen LogP contribution >= 0.6 is 0 Å². The summed E-state index contributed by atoms with van der Waals surface area (Å²) in [5, 5.41) is 2.83. The summed E-state index contributed by atoms with van der Waals surface area (Å²) in [6.45, 7) is 0.400. The van der Waals surface area contributed by atoms with Crippen LogP contribution in [-0.2, 0) is 31.9 Å². The minimum Gasteiger partial charge on any atom is -0.497 e. The summed E-state index contributed by atoms with van der Waals surface area (Å²) in [7, 11) is 4.54. The van der Waals surface area contributed by atoms with Gasteiger partial charge < -0.3 is 14.6 Å². The fourth-order valence-corrected chi connectivity index (χ4v) is 2.90. The number of nitrogens with one attached hydrogen (secondary N) is 1. The van der Waals surface area contributed by atoms with Crippen molar-refractivity contribution in [3.63, 3.8) is 0 Å². The zero-order valence-electron chi connectivity index (χ0n) is 15.4. The Kier molecular flexibility index (Phi) is 5.11. The molecular weight excluding hydrogens is 350 g/mol. The molecule has 27 heavy (non-hydrogen) atoms. The summed E-state index contributed by atoms with van der Waals surface area (Å²) in [5.41, 5.74) is 0.594. The van der Waals surface area contributed by atoms with E-state index in [0.717, 1.165) is 15.9 Å². The van der Waals surface area contributed by atoms with Crippen LogP contribution in [0.3, 0.4) is 0 Å². The molecule has 2 aromatic heterocycles. The normalized spacial score (nSPS) is 10.9. The predicted octanol–water partition coefficient (Wildman–Crippen LogP) is -0.199. The zero-order valence-corrected chi connectivity index (χ0v) is 15.4. The number of methoxy groups -OCH3 is 1. The lowest BCUT2D eigenvalue weighted by Gasteiger charge is -2.08. The van der Waals surface area contributed by atoms with Crippen LogP contribution in [-0.4, -0.2) is 38.2 Å². The van der Waals surface area contributed by atoms with Gasteiger partial charge >= 0.3 is 5.69 Å². The SMILES string of the molecule is COc1cccc(CCNC(=O)Cn2cnc3c2c(=O)n(C)c(=O)n3C)c1. The molecule has 0 aliphatic heterocycles. The Morgan fingerprint density at radius 2 is 2.00 bits per heavy atom. The topological polar surface area (TPSA) is 100 Å². The Morgan fingerprint density at radius 1 is 1.22 bits per heavy atom. The number of amides is 1. The molecule has 1 N–H and O–H groups in total. The number of carbonyl (C=O) groups excluding carboxylic acids is 1. The van der Waals surface area contributed by atoms with Gasteiger partial charge in [0.1, 0.15) is 12.3 Å². The van der Waals surface area contributed by atoms with Gasteiger partial charge in [-0.25, -0.2) is 9.78 Å². The molecule has 1 aromatic carbocycles. The molecule has 3 aromatic rings. The van der Waals surface area contributed by atoms with Crippen LogP contribution in [0.15, 0.2) is 40.2 Å². The van der Waals surface area contributed by atoms with Crippen LogP contribution in [0.2, 0.25) is 0 Å². The molecule has 0 atom stereocenters. The van der Waals surface area contributed by atoms with Gasteiger partial charge in [-0.05, 0) is 24.1 Å². The van der Waals surface area contributed by atoms with E-state index in [9.17, 15) is 14.4 Å². The molecule has 0 bridgehead atoms. The van der Waals surface area contributed by atoms with Crippen molar-refractivity contribution in [2.24, 2.45) is 14.1 Å². The summed E-state index contributed by atoms with van der Waals surface area (Å²) in [6.07, 6.45) is 2.05. The highest BCUT2D eigenvalue weighted by Crippen LogP contribution is 2.12. The second kappa shape index (κ2) is 7.48. The first kappa shape index (κ1) is 18.4. The molecule has 0 saturated carbocycles. The quantitative estimate of drug-likeness (QED) is 0.647. The summed E-state index contributed by atoms with van der Waals surface area (Å²) in [6, 6.07) is 7.63. The van der Waals surface area contributed by atoms with Gasteiger partial charge in [0.25, 0.3) is 5.56 Å². The van der Waals surface area contributed by atoms with E-state index in [4.69, 9.17) is 4.74 Å². The molecule has 142 valence electrons. The van der Waals surface area contributed by atoms with E-state index in [2.05, 4.69) is 10.3 Å². The molecule has 2 heterocycles. The molecule has 9 nitrogen and oxygen atoms in total. The van der Waals surface area contributed by atoms with Crippen molar-refractivity contribution in [3.8, 4) is 5.75 Å². The Morgan fingerprint density at radius 3 is 2.74 bits per heavy atom. The smallest absolute Gasteiger partial charge is 0.332 e. The third-order valence-corrected chi connectivity index (χ3v) is 4.40.